The number of sulfonamides is 1. The first-order valence-electron chi connectivity index (χ1n) is 9.96. The molecule has 0 fully saturated rings. The van der Waals surface area contributed by atoms with E-state index in [1.807, 2.05) is 0 Å². The Morgan fingerprint density at radius 2 is 1.74 bits per heavy atom. The Morgan fingerprint density at radius 1 is 1.16 bits per heavy atom. The maximum Gasteiger partial charge on any atom is 0.490 e. The predicted molar refractivity (Wildman–Crippen MR) is 131 cm³/mol. The SMILES string of the molecule is N=C(N)NOCCCOc1ccc(C[C@H](NS(=O)(=O)c2cc(Cl)sc2Cl)C(=O)O)cc1.O=C(O)C(F)(F)F. The van der Waals surface area contributed by atoms with E-state index in [4.69, 9.17) is 53.8 Å². The molecular weight excluding hydrogens is 604 g/mol. The quantitative estimate of drug-likeness (QED) is 0.0882. The molecule has 19 heteroatoms. The van der Waals surface area contributed by atoms with Gasteiger partial charge in [0, 0.05) is 6.42 Å². The first-order valence-corrected chi connectivity index (χ1v) is 13.0. The van der Waals surface area contributed by atoms with Crippen LogP contribution in [0.1, 0.15) is 12.0 Å². The van der Waals surface area contributed by atoms with Crippen LogP contribution in [0.2, 0.25) is 8.67 Å². The van der Waals surface area contributed by atoms with Crippen molar-refractivity contribution >= 4 is 62.5 Å². The van der Waals surface area contributed by atoms with Crippen molar-refractivity contribution in [2.24, 2.45) is 5.73 Å². The van der Waals surface area contributed by atoms with Gasteiger partial charge >= 0.3 is 18.1 Å². The van der Waals surface area contributed by atoms with Gasteiger partial charge in [-0.2, -0.15) is 17.9 Å². The van der Waals surface area contributed by atoms with Crippen molar-refractivity contribution in [3.63, 3.8) is 0 Å². The molecule has 7 N–H and O–H groups in total. The van der Waals surface area contributed by atoms with Crippen molar-refractivity contribution in [1.82, 2.24) is 10.2 Å². The summed E-state index contributed by atoms with van der Waals surface area (Å²) in [6.45, 7) is 0.637. The Bertz CT molecular complexity index is 1210. The third-order valence-corrected chi connectivity index (χ3v) is 7.18. The summed E-state index contributed by atoms with van der Waals surface area (Å²) in [6, 6.07) is 6.34. The largest absolute Gasteiger partial charge is 0.494 e. The molecule has 1 heterocycles. The molecule has 0 saturated carbocycles. The molecule has 38 heavy (non-hydrogen) atoms. The smallest absolute Gasteiger partial charge is 0.490 e. The van der Waals surface area contributed by atoms with Crippen molar-refractivity contribution in [3.05, 3.63) is 44.6 Å². The molecule has 0 aliphatic carbocycles. The monoisotopic (exact) mass is 624 g/mol. The van der Waals surface area contributed by atoms with E-state index in [9.17, 15) is 31.5 Å². The summed E-state index contributed by atoms with van der Waals surface area (Å²) in [4.78, 5) is 25.1. The van der Waals surface area contributed by atoms with Gasteiger partial charge in [0.15, 0.2) is 0 Å². The maximum atomic E-state index is 12.5. The molecule has 0 bridgehead atoms. The number of carbonyl (C=O) groups is 2. The molecule has 0 amide bonds. The molecule has 0 radical (unpaired) electrons. The number of guanidine groups is 1. The number of carboxylic acid groups (broad SMARTS) is 2. The maximum absolute atomic E-state index is 12.5. The van der Waals surface area contributed by atoms with Crippen molar-refractivity contribution in [2.75, 3.05) is 13.2 Å². The van der Waals surface area contributed by atoms with Crippen LogP contribution in [0, 0.1) is 5.41 Å². The second-order valence-electron chi connectivity index (χ2n) is 6.92. The number of alkyl halides is 3. The molecular formula is C19H21Cl2F3N4O8S2. The zero-order valence-corrected chi connectivity index (χ0v) is 22.1. The molecule has 0 saturated heterocycles. The van der Waals surface area contributed by atoms with E-state index in [1.54, 1.807) is 24.3 Å². The number of hydrogen-bond acceptors (Lipinski definition) is 8. The second-order valence-corrected chi connectivity index (χ2v) is 10.9. The second kappa shape index (κ2) is 14.9. The summed E-state index contributed by atoms with van der Waals surface area (Å²) >= 11 is 12.5. The highest BCUT2D eigenvalue weighted by atomic mass is 35.5. The summed E-state index contributed by atoms with van der Waals surface area (Å²) in [6.07, 6.45) is -4.63. The predicted octanol–water partition coefficient (Wildman–Crippen LogP) is 2.85. The van der Waals surface area contributed by atoms with Crippen LogP contribution in [-0.4, -0.2) is 62.0 Å². The number of aliphatic carboxylic acids is 2. The lowest BCUT2D eigenvalue weighted by atomic mass is 10.1. The van der Waals surface area contributed by atoms with Gasteiger partial charge in [0.1, 0.15) is 21.0 Å². The number of hydrogen-bond donors (Lipinski definition) is 6. The number of nitrogens with one attached hydrogen (secondary N) is 3. The normalized spacial score (nSPS) is 12.1. The molecule has 2 rings (SSSR count). The van der Waals surface area contributed by atoms with Crippen LogP contribution in [0.4, 0.5) is 13.2 Å². The third-order valence-electron chi connectivity index (χ3n) is 3.96. The van der Waals surface area contributed by atoms with E-state index in [0.29, 0.717) is 24.3 Å². The number of hydroxylamine groups is 1. The first kappa shape index (κ1) is 33.2. The topological polar surface area (TPSA) is 201 Å². The number of nitrogens with two attached hydrogens (primary N) is 1. The Hall–Kier alpha value is -2.83. The number of ether oxygens (including phenoxy) is 1. The number of halogens is 5. The third kappa shape index (κ3) is 12.1. The van der Waals surface area contributed by atoms with E-state index in [0.717, 1.165) is 11.3 Å². The van der Waals surface area contributed by atoms with E-state index >= 15 is 0 Å². The van der Waals surface area contributed by atoms with E-state index in [-0.39, 0.29) is 32.6 Å². The summed E-state index contributed by atoms with van der Waals surface area (Å²) in [5.41, 5.74) is 7.86. The van der Waals surface area contributed by atoms with E-state index in [1.165, 1.54) is 6.07 Å². The summed E-state index contributed by atoms with van der Waals surface area (Å²) in [5.74, 6) is -3.83. The minimum Gasteiger partial charge on any atom is -0.494 e. The molecule has 0 aliphatic rings. The molecule has 12 nitrogen and oxygen atoms in total. The number of thiophene rings is 1. The lowest BCUT2D eigenvalue weighted by Gasteiger charge is -2.15. The van der Waals surface area contributed by atoms with Crippen LogP contribution in [0.15, 0.2) is 35.2 Å². The van der Waals surface area contributed by atoms with Crippen molar-refractivity contribution in [2.45, 2.75) is 30.0 Å². The molecule has 1 aromatic carbocycles. The van der Waals surface area contributed by atoms with Crippen molar-refractivity contribution in [3.8, 4) is 5.75 Å². The fourth-order valence-corrected chi connectivity index (χ4v) is 5.68. The van der Waals surface area contributed by atoms with Gasteiger partial charge in [-0.1, -0.05) is 35.3 Å². The van der Waals surface area contributed by atoms with Crippen molar-refractivity contribution in [1.29, 1.82) is 5.41 Å². The van der Waals surface area contributed by atoms with Gasteiger partial charge in [-0.15, -0.1) is 11.3 Å². The number of benzene rings is 1. The van der Waals surface area contributed by atoms with Crippen LogP contribution < -0.4 is 20.7 Å². The average Bonchev–Trinajstić information content (AvgIpc) is 3.15. The molecule has 1 atom stereocenters. The Kier molecular flexibility index (Phi) is 13.0. The van der Waals surface area contributed by atoms with Crippen LogP contribution >= 0.6 is 34.5 Å². The molecule has 1 aromatic heterocycles. The highest BCUT2D eigenvalue weighted by Gasteiger charge is 2.38. The summed E-state index contributed by atoms with van der Waals surface area (Å²) < 4.78 is 64.5. The van der Waals surface area contributed by atoms with Gasteiger partial charge in [0.05, 0.1) is 17.6 Å². The molecule has 0 unspecified atom stereocenters. The van der Waals surface area contributed by atoms with Gasteiger partial charge in [0.2, 0.25) is 16.0 Å². The minimum atomic E-state index is -5.08. The standard InChI is InChI=1S/C17H20Cl2N4O6S2.C2HF3O2/c18-14-9-13(15(19)30-14)31(26,27)23-12(16(24)25)8-10-2-4-11(5-3-10)28-6-1-7-29-22-17(20)21;3-2(4,5)1(6)7/h2-5,9,12,23H,1,6-8H2,(H,24,25)(H4,20,21,22);(H,6,7)/t12-;/m0./s1. The molecule has 0 spiro atoms. The molecule has 2 aromatic rings. The fraction of sp³-hybridized carbons (Fsp3) is 0.316. The van der Waals surface area contributed by atoms with Gasteiger partial charge in [-0.3, -0.25) is 15.0 Å². The van der Waals surface area contributed by atoms with Gasteiger partial charge in [-0.05, 0) is 30.2 Å². The van der Waals surface area contributed by atoms with E-state index < -0.39 is 34.2 Å². The van der Waals surface area contributed by atoms with Gasteiger partial charge < -0.3 is 20.7 Å². The van der Waals surface area contributed by atoms with Crippen molar-refractivity contribution < 1.29 is 51.0 Å². The highest BCUT2D eigenvalue weighted by Crippen LogP contribution is 2.34. The Balaban J connectivity index is 0.000000905. The summed E-state index contributed by atoms with van der Waals surface area (Å²) in [7, 11) is -4.17. The lowest BCUT2D eigenvalue weighted by Crippen LogP contribution is -2.42. The minimum absolute atomic E-state index is 0.0504. The number of rotatable bonds is 12. The van der Waals surface area contributed by atoms with Gasteiger partial charge in [-0.25, -0.2) is 18.7 Å². The summed E-state index contributed by atoms with van der Waals surface area (Å²) in [5, 5.41) is 23.5. The van der Waals surface area contributed by atoms with Crippen LogP contribution in [0.5, 0.6) is 5.75 Å². The van der Waals surface area contributed by atoms with Crippen LogP contribution in [0.25, 0.3) is 0 Å². The lowest BCUT2D eigenvalue weighted by molar-refractivity contribution is -0.192. The Morgan fingerprint density at radius 3 is 2.18 bits per heavy atom. The average molecular weight is 625 g/mol. The van der Waals surface area contributed by atoms with Gasteiger partial charge in [0.25, 0.3) is 0 Å². The zero-order chi connectivity index (χ0) is 29.1. The Labute approximate surface area is 228 Å². The van der Waals surface area contributed by atoms with E-state index in [2.05, 4.69) is 10.2 Å². The molecule has 0 aliphatic heterocycles. The van der Waals surface area contributed by atoms with Crippen LogP contribution in [-0.2, 0) is 30.9 Å². The van der Waals surface area contributed by atoms with Crippen LogP contribution in [0.3, 0.4) is 0 Å². The fourth-order valence-electron chi connectivity index (χ4n) is 2.35. The first-order chi connectivity index (χ1) is 17.5. The number of carboxylic acids is 2. The zero-order valence-electron chi connectivity index (χ0n) is 18.9. The highest BCUT2D eigenvalue weighted by molar-refractivity contribution is 7.89. The molecule has 212 valence electrons.